The standard InChI is InChI=1S/C44H25N3S2/c1-2-11-26(12-3-1)41-33-15-4-7-18-35(33)45-44(46-41)47-36-23-21-27(28-16-10-17-31-29-13-5-8-19-38(29)48-42(28)31)25-34(36)40-37(47)24-22-32-30-14-6-9-20-39(30)49-43(32)40/h1-25H. The number of hydrogen-bond acceptors (Lipinski definition) is 4. The molecule has 49 heavy (non-hydrogen) atoms. The van der Waals surface area contributed by atoms with Gasteiger partial charge in [0.1, 0.15) is 0 Å². The van der Waals surface area contributed by atoms with E-state index < -0.39 is 0 Å². The van der Waals surface area contributed by atoms with E-state index >= 15 is 0 Å². The number of para-hydroxylation sites is 1. The Morgan fingerprint density at radius 2 is 1.08 bits per heavy atom. The average molecular weight is 660 g/mol. The molecule has 228 valence electrons. The minimum Gasteiger partial charge on any atom is -0.278 e. The highest BCUT2D eigenvalue weighted by atomic mass is 32.1. The van der Waals surface area contributed by atoms with Crippen molar-refractivity contribution in [3.8, 4) is 28.3 Å². The largest absolute Gasteiger partial charge is 0.278 e. The Morgan fingerprint density at radius 1 is 0.429 bits per heavy atom. The van der Waals surface area contributed by atoms with Crippen molar-refractivity contribution >= 4 is 95.7 Å². The highest BCUT2D eigenvalue weighted by molar-refractivity contribution is 7.27. The monoisotopic (exact) mass is 659 g/mol. The second-order valence-electron chi connectivity index (χ2n) is 12.5. The number of hydrogen-bond donors (Lipinski definition) is 0. The number of nitrogens with zero attached hydrogens (tertiary/aromatic N) is 3. The number of rotatable bonds is 3. The summed E-state index contributed by atoms with van der Waals surface area (Å²) in [6, 6.07) is 54.5. The number of thiophene rings is 2. The molecule has 7 aromatic carbocycles. The second kappa shape index (κ2) is 10.3. The van der Waals surface area contributed by atoms with Gasteiger partial charge in [-0.25, -0.2) is 9.97 Å². The summed E-state index contributed by atoms with van der Waals surface area (Å²) in [6.45, 7) is 0. The quantitative estimate of drug-likeness (QED) is 0.189. The zero-order valence-electron chi connectivity index (χ0n) is 26.1. The molecule has 11 rings (SSSR count). The topological polar surface area (TPSA) is 30.7 Å². The van der Waals surface area contributed by atoms with E-state index in [0.717, 1.165) is 33.2 Å². The van der Waals surface area contributed by atoms with Crippen molar-refractivity contribution in [2.45, 2.75) is 0 Å². The first-order valence-electron chi connectivity index (χ1n) is 16.4. The van der Waals surface area contributed by atoms with E-state index in [1.54, 1.807) is 0 Å². The zero-order valence-corrected chi connectivity index (χ0v) is 27.7. The van der Waals surface area contributed by atoms with Gasteiger partial charge in [0, 0.05) is 62.1 Å². The van der Waals surface area contributed by atoms with Gasteiger partial charge >= 0.3 is 0 Å². The minimum atomic E-state index is 0.678. The first-order chi connectivity index (χ1) is 24.3. The maximum atomic E-state index is 5.34. The predicted octanol–water partition coefficient (Wildman–Crippen LogP) is 12.8. The van der Waals surface area contributed by atoms with Gasteiger partial charge in [-0.3, -0.25) is 4.57 Å². The third-order valence-corrected chi connectivity index (χ3v) is 12.3. The predicted molar refractivity (Wildman–Crippen MR) is 211 cm³/mol. The molecule has 0 saturated heterocycles. The first-order valence-corrected chi connectivity index (χ1v) is 18.1. The maximum absolute atomic E-state index is 5.34. The lowest BCUT2D eigenvalue weighted by atomic mass is 10.00. The van der Waals surface area contributed by atoms with Gasteiger partial charge in [-0.1, -0.05) is 115 Å². The Bertz CT molecular complexity index is 3110. The van der Waals surface area contributed by atoms with Crippen LogP contribution in [-0.2, 0) is 0 Å². The van der Waals surface area contributed by atoms with Gasteiger partial charge < -0.3 is 0 Å². The molecule has 0 spiro atoms. The highest BCUT2D eigenvalue weighted by Crippen LogP contribution is 2.46. The molecule has 0 saturated carbocycles. The molecule has 0 amide bonds. The Balaban J connectivity index is 1.26. The Morgan fingerprint density at radius 3 is 1.90 bits per heavy atom. The Kier molecular flexibility index (Phi) is 5.70. The van der Waals surface area contributed by atoms with Gasteiger partial charge in [0.25, 0.3) is 0 Å². The van der Waals surface area contributed by atoms with Gasteiger partial charge in [-0.2, -0.15) is 0 Å². The van der Waals surface area contributed by atoms with Gasteiger partial charge in [-0.05, 0) is 47.5 Å². The van der Waals surface area contributed by atoms with Crippen LogP contribution < -0.4 is 0 Å². The van der Waals surface area contributed by atoms with Gasteiger partial charge in [0.2, 0.25) is 5.95 Å². The second-order valence-corrected chi connectivity index (χ2v) is 14.6. The van der Waals surface area contributed by atoms with Crippen LogP contribution in [0.3, 0.4) is 0 Å². The summed E-state index contributed by atoms with van der Waals surface area (Å²) in [7, 11) is 0. The van der Waals surface area contributed by atoms with E-state index in [4.69, 9.17) is 9.97 Å². The van der Waals surface area contributed by atoms with E-state index in [9.17, 15) is 0 Å². The van der Waals surface area contributed by atoms with Crippen molar-refractivity contribution in [2.24, 2.45) is 0 Å². The molecule has 0 N–H and O–H groups in total. The van der Waals surface area contributed by atoms with E-state index in [0.29, 0.717) is 5.95 Å². The van der Waals surface area contributed by atoms with Crippen LogP contribution in [0.5, 0.6) is 0 Å². The molecule has 4 aromatic heterocycles. The molecule has 0 aliphatic carbocycles. The lowest BCUT2D eigenvalue weighted by molar-refractivity contribution is 1.01. The molecule has 0 aliphatic rings. The molecule has 3 nitrogen and oxygen atoms in total. The first kappa shape index (κ1) is 27.1. The lowest BCUT2D eigenvalue weighted by Crippen LogP contribution is -2.03. The number of fused-ring (bicyclic) bond motifs is 11. The number of benzene rings is 7. The summed E-state index contributed by atoms with van der Waals surface area (Å²) < 4.78 is 7.51. The molecule has 0 unspecified atom stereocenters. The van der Waals surface area contributed by atoms with E-state index in [1.807, 2.05) is 28.7 Å². The lowest BCUT2D eigenvalue weighted by Gasteiger charge is -2.12. The van der Waals surface area contributed by atoms with Gasteiger partial charge in [0.05, 0.1) is 22.2 Å². The number of aromatic nitrogens is 3. The van der Waals surface area contributed by atoms with Crippen LogP contribution >= 0.6 is 22.7 Å². The summed E-state index contributed by atoms with van der Waals surface area (Å²) in [5.74, 6) is 0.678. The van der Waals surface area contributed by atoms with E-state index in [-0.39, 0.29) is 0 Å². The molecule has 5 heteroatoms. The third-order valence-electron chi connectivity index (χ3n) is 9.83. The minimum absolute atomic E-state index is 0.678. The van der Waals surface area contributed by atoms with E-state index in [2.05, 4.69) is 150 Å². The van der Waals surface area contributed by atoms with Crippen molar-refractivity contribution in [3.63, 3.8) is 0 Å². The van der Waals surface area contributed by atoms with Crippen LogP contribution in [-0.4, -0.2) is 14.5 Å². The van der Waals surface area contributed by atoms with Crippen LogP contribution in [0.4, 0.5) is 0 Å². The summed E-state index contributed by atoms with van der Waals surface area (Å²) in [4.78, 5) is 10.6. The Labute approximate surface area is 289 Å². The van der Waals surface area contributed by atoms with Crippen LogP contribution in [0.1, 0.15) is 0 Å². The Hall–Kier alpha value is -5.88. The third kappa shape index (κ3) is 3.94. The van der Waals surface area contributed by atoms with Crippen LogP contribution in [0.25, 0.3) is 101 Å². The van der Waals surface area contributed by atoms with Crippen LogP contribution in [0.15, 0.2) is 152 Å². The molecule has 0 atom stereocenters. The molecule has 0 aliphatic heterocycles. The van der Waals surface area contributed by atoms with Crippen molar-refractivity contribution in [2.75, 3.05) is 0 Å². The van der Waals surface area contributed by atoms with E-state index in [1.165, 1.54) is 62.2 Å². The van der Waals surface area contributed by atoms with Crippen molar-refractivity contribution in [3.05, 3.63) is 152 Å². The average Bonchev–Trinajstić information content (AvgIpc) is 3.84. The molecule has 0 radical (unpaired) electrons. The SMILES string of the molecule is c1ccc(-c2nc(-n3c4ccc(-c5cccc6c5sc5ccccc56)cc4c4c5sc6ccccc6c5ccc43)nc3ccccc23)cc1. The molecule has 0 fully saturated rings. The maximum Gasteiger partial charge on any atom is 0.235 e. The summed E-state index contributed by atoms with van der Waals surface area (Å²) in [5, 5.41) is 8.71. The fourth-order valence-electron chi connectivity index (χ4n) is 7.62. The molecule has 4 heterocycles. The van der Waals surface area contributed by atoms with Gasteiger partial charge in [0.15, 0.2) is 0 Å². The molecule has 0 bridgehead atoms. The van der Waals surface area contributed by atoms with Crippen molar-refractivity contribution in [1.29, 1.82) is 0 Å². The fourth-order valence-corrected chi connectivity index (χ4v) is 10.1. The fraction of sp³-hybridized carbons (Fsp3) is 0. The van der Waals surface area contributed by atoms with Crippen molar-refractivity contribution in [1.82, 2.24) is 14.5 Å². The van der Waals surface area contributed by atoms with Crippen LogP contribution in [0.2, 0.25) is 0 Å². The molecule has 11 aromatic rings. The summed E-state index contributed by atoms with van der Waals surface area (Å²) in [5.41, 5.74) is 7.63. The smallest absolute Gasteiger partial charge is 0.235 e. The molecular formula is C44H25N3S2. The molecular weight excluding hydrogens is 635 g/mol. The van der Waals surface area contributed by atoms with Gasteiger partial charge in [-0.15, -0.1) is 22.7 Å². The normalized spacial score (nSPS) is 12.1. The summed E-state index contributed by atoms with van der Waals surface area (Å²) >= 11 is 3.75. The van der Waals surface area contributed by atoms with Crippen LogP contribution in [0, 0.1) is 0 Å². The summed E-state index contributed by atoms with van der Waals surface area (Å²) in [6.07, 6.45) is 0. The zero-order chi connectivity index (χ0) is 32.1. The van der Waals surface area contributed by atoms with Crippen molar-refractivity contribution < 1.29 is 0 Å². The highest BCUT2D eigenvalue weighted by Gasteiger charge is 2.21.